The van der Waals surface area contributed by atoms with Gasteiger partial charge in [0.05, 0.1) is 29.1 Å². The maximum Gasteiger partial charge on any atom is 0.0954 e. The van der Waals surface area contributed by atoms with E-state index in [1.807, 2.05) is 12.5 Å². The zero-order valence-corrected chi connectivity index (χ0v) is 10.6. The zero-order chi connectivity index (χ0) is 11.7. The van der Waals surface area contributed by atoms with E-state index in [-0.39, 0.29) is 6.04 Å². The molecule has 17 heavy (non-hydrogen) atoms. The van der Waals surface area contributed by atoms with E-state index in [1.54, 1.807) is 11.3 Å². The van der Waals surface area contributed by atoms with Gasteiger partial charge < -0.3 is 10.3 Å². The van der Waals surface area contributed by atoms with Gasteiger partial charge in [-0.15, -0.1) is 11.3 Å². The molecule has 0 saturated heterocycles. The fourth-order valence-electron chi connectivity index (χ4n) is 2.67. The lowest BCUT2D eigenvalue weighted by Crippen LogP contribution is -2.34. The summed E-state index contributed by atoms with van der Waals surface area (Å²) >= 11 is 1.76. The fraction of sp³-hybridized carbons (Fsp3) is 0.462. The quantitative estimate of drug-likeness (QED) is 0.886. The fourth-order valence-corrected chi connectivity index (χ4v) is 3.41. The van der Waals surface area contributed by atoms with Gasteiger partial charge in [0.2, 0.25) is 0 Å². The highest BCUT2D eigenvalue weighted by molar-refractivity contribution is 7.13. The van der Waals surface area contributed by atoms with Crippen LogP contribution in [0, 0.1) is 0 Å². The second kappa shape index (κ2) is 4.63. The summed E-state index contributed by atoms with van der Waals surface area (Å²) in [5, 5.41) is 2.10. The van der Waals surface area contributed by atoms with E-state index in [1.165, 1.54) is 29.8 Å². The van der Waals surface area contributed by atoms with Crippen LogP contribution in [0.2, 0.25) is 0 Å². The van der Waals surface area contributed by atoms with Gasteiger partial charge in [0.1, 0.15) is 0 Å². The molecule has 1 aliphatic rings. The Morgan fingerprint density at radius 2 is 2.24 bits per heavy atom. The second-order valence-corrected chi connectivity index (χ2v) is 5.63. The average Bonchev–Trinajstić information content (AvgIpc) is 3.00. The highest BCUT2D eigenvalue weighted by Crippen LogP contribution is 2.33. The molecule has 4 heteroatoms. The zero-order valence-electron chi connectivity index (χ0n) is 9.75. The molecular formula is C13H17N3S. The number of nitrogens with two attached hydrogens (primary N) is 1. The first-order valence-corrected chi connectivity index (χ1v) is 7.05. The lowest BCUT2D eigenvalue weighted by Gasteiger charge is -2.30. The molecule has 0 amide bonds. The molecular weight excluding hydrogens is 230 g/mol. The minimum Gasteiger partial charge on any atom is -0.326 e. The minimum atomic E-state index is 0.275. The monoisotopic (exact) mass is 247 g/mol. The van der Waals surface area contributed by atoms with Crippen molar-refractivity contribution in [2.24, 2.45) is 5.73 Å². The summed E-state index contributed by atoms with van der Waals surface area (Å²) in [7, 11) is 0. The summed E-state index contributed by atoms with van der Waals surface area (Å²) in [5.41, 5.74) is 7.46. The van der Waals surface area contributed by atoms with Gasteiger partial charge in [-0.3, -0.25) is 0 Å². The smallest absolute Gasteiger partial charge is 0.0954 e. The molecule has 1 saturated carbocycles. The normalized spacial score (nSPS) is 25.0. The van der Waals surface area contributed by atoms with E-state index in [0.717, 1.165) is 6.42 Å². The molecule has 0 spiro atoms. The van der Waals surface area contributed by atoms with Gasteiger partial charge in [0.25, 0.3) is 0 Å². The number of imidazole rings is 1. The van der Waals surface area contributed by atoms with Crippen LogP contribution < -0.4 is 5.73 Å². The van der Waals surface area contributed by atoms with Crippen molar-refractivity contribution in [3.8, 4) is 10.6 Å². The SMILES string of the molecule is NC1CCCCC1n1cncc1-c1cccs1. The van der Waals surface area contributed by atoms with Crippen molar-refractivity contribution < 1.29 is 0 Å². The number of nitrogens with zero attached hydrogens (tertiary/aromatic N) is 2. The third kappa shape index (κ3) is 2.03. The number of thiophene rings is 1. The van der Waals surface area contributed by atoms with Crippen LogP contribution in [0.5, 0.6) is 0 Å². The third-order valence-electron chi connectivity index (χ3n) is 3.58. The Kier molecular flexibility index (Phi) is 2.99. The minimum absolute atomic E-state index is 0.275. The van der Waals surface area contributed by atoms with Crippen molar-refractivity contribution in [3.63, 3.8) is 0 Å². The first-order chi connectivity index (χ1) is 8.36. The molecule has 0 radical (unpaired) electrons. The van der Waals surface area contributed by atoms with Crippen LogP contribution in [0.4, 0.5) is 0 Å². The Balaban J connectivity index is 1.95. The van der Waals surface area contributed by atoms with Crippen LogP contribution in [-0.2, 0) is 0 Å². The topological polar surface area (TPSA) is 43.8 Å². The lowest BCUT2D eigenvalue weighted by atomic mass is 9.90. The van der Waals surface area contributed by atoms with E-state index in [4.69, 9.17) is 5.73 Å². The first kappa shape index (κ1) is 11.0. The van der Waals surface area contributed by atoms with Crippen molar-refractivity contribution in [2.75, 3.05) is 0 Å². The molecule has 0 bridgehead atoms. The van der Waals surface area contributed by atoms with E-state index in [9.17, 15) is 0 Å². The van der Waals surface area contributed by atoms with E-state index < -0.39 is 0 Å². The maximum absolute atomic E-state index is 6.25. The van der Waals surface area contributed by atoms with Crippen LogP contribution in [0.3, 0.4) is 0 Å². The summed E-state index contributed by atoms with van der Waals surface area (Å²) < 4.78 is 2.27. The molecule has 2 atom stereocenters. The van der Waals surface area contributed by atoms with E-state index >= 15 is 0 Å². The Labute approximate surface area is 105 Å². The average molecular weight is 247 g/mol. The molecule has 0 aliphatic heterocycles. The van der Waals surface area contributed by atoms with Gasteiger partial charge in [-0.05, 0) is 24.3 Å². The summed E-state index contributed by atoms with van der Waals surface area (Å²) in [4.78, 5) is 5.58. The Hall–Kier alpha value is -1.13. The van der Waals surface area contributed by atoms with Gasteiger partial charge in [-0.2, -0.15) is 0 Å². The summed E-state index contributed by atoms with van der Waals surface area (Å²) in [5.74, 6) is 0. The molecule has 2 aromatic rings. The van der Waals surface area contributed by atoms with Crippen molar-refractivity contribution in [1.29, 1.82) is 0 Å². The van der Waals surface area contributed by atoms with Crippen LogP contribution in [0.1, 0.15) is 31.7 Å². The Bertz CT molecular complexity index is 475. The van der Waals surface area contributed by atoms with Gasteiger partial charge in [-0.25, -0.2) is 4.98 Å². The van der Waals surface area contributed by atoms with Crippen LogP contribution >= 0.6 is 11.3 Å². The van der Waals surface area contributed by atoms with Crippen molar-refractivity contribution >= 4 is 11.3 Å². The van der Waals surface area contributed by atoms with Crippen molar-refractivity contribution in [3.05, 3.63) is 30.0 Å². The third-order valence-corrected chi connectivity index (χ3v) is 4.47. The first-order valence-electron chi connectivity index (χ1n) is 6.17. The van der Waals surface area contributed by atoms with E-state index in [0.29, 0.717) is 6.04 Å². The number of hydrogen-bond donors (Lipinski definition) is 1. The largest absolute Gasteiger partial charge is 0.326 e. The van der Waals surface area contributed by atoms with Gasteiger partial charge in [-0.1, -0.05) is 18.9 Å². The lowest BCUT2D eigenvalue weighted by molar-refractivity contribution is 0.308. The maximum atomic E-state index is 6.25. The molecule has 2 heterocycles. The molecule has 2 aromatic heterocycles. The Morgan fingerprint density at radius 3 is 3.00 bits per heavy atom. The standard InChI is InChI=1S/C13H17N3S/c14-10-4-1-2-5-11(10)16-9-15-8-12(16)13-6-3-7-17-13/h3,6-11H,1-2,4-5,14H2. The molecule has 0 aromatic carbocycles. The van der Waals surface area contributed by atoms with Gasteiger partial charge >= 0.3 is 0 Å². The van der Waals surface area contributed by atoms with E-state index in [2.05, 4.69) is 27.1 Å². The summed E-state index contributed by atoms with van der Waals surface area (Å²) in [6.07, 6.45) is 8.74. The van der Waals surface area contributed by atoms with Crippen molar-refractivity contribution in [1.82, 2.24) is 9.55 Å². The van der Waals surface area contributed by atoms with Crippen molar-refractivity contribution in [2.45, 2.75) is 37.8 Å². The highest BCUT2D eigenvalue weighted by atomic mass is 32.1. The predicted molar refractivity (Wildman–Crippen MR) is 71.0 cm³/mol. The molecule has 2 unspecified atom stereocenters. The van der Waals surface area contributed by atoms with Crippen LogP contribution in [0.15, 0.2) is 30.0 Å². The molecule has 3 rings (SSSR count). The molecule has 1 aliphatic carbocycles. The number of rotatable bonds is 2. The molecule has 3 nitrogen and oxygen atoms in total. The second-order valence-electron chi connectivity index (χ2n) is 4.68. The summed E-state index contributed by atoms with van der Waals surface area (Å²) in [6, 6.07) is 4.92. The van der Waals surface area contributed by atoms with Gasteiger partial charge in [0.15, 0.2) is 0 Å². The molecule has 90 valence electrons. The highest BCUT2D eigenvalue weighted by Gasteiger charge is 2.25. The molecule has 1 fully saturated rings. The number of hydrogen-bond acceptors (Lipinski definition) is 3. The van der Waals surface area contributed by atoms with Crippen LogP contribution in [0.25, 0.3) is 10.6 Å². The molecule has 2 N–H and O–H groups in total. The Morgan fingerprint density at radius 1 is 1.35 bits per heavy atom. The van der Waals surface area contributed by atoms with Gasteiger partial charge in [0, 0.05) is 6.04 Å². The number of aromatic nitrogens is 2. The predicted octanol–water partition coefficient (Wildman–Crippen LogP) is 3.05. The summed E-state index contributed by atoms with van der Waals surface area (Å²) in [6.45, 7) is 0. The van der Waals surface area contributed by atoms with Crippen LogP contribution in [-0.4, -0.2) is 15.6 Å².